The fourth-order valence-corrected chi connectivity index (χ4v) is 0.793. The van der Waals surface area contributed by atoms with E-state index in [2.05, 4.69) is 5.10 Å². The smallest absolute Gasteiger partial charge is 0.286 e. The minimum atomic E-state index is -2.97. The van der Waals surface area contributed by atoms with Crippen molar-refractivity contribution in [2.75, 3.05) is 0 Å². The number of aromatic nitrogens is 2. The third kappa shape index (κ3) is 1.49. The third-order valence-electron chi connectivity index (χ3n) is 1.56. The Labute approximate surface area is 68.0 Å². The molecular formula is C7H8F2N2O. The minimum Gasteiger partial charge on any atom is -0.286 e. The molecule has 0 aliphatic carbocycles. The van der Waals surface area contributed by atoms with Gasteiger partial charge in [0.05, 0.1) is 0 Å². The van der Waals surface area contributed by atoms with Crippen LogP contribution >= 0.6 is 0 Å². The van der Waals surface area contributed by atoms with Gasteiger partial charge in [0.1, 0.15) is 5.69 Å². The topological polar surface area (TPSA) is 34.9 Å². The van der Waals surface area contributed by atoms with Crippen molar-refractivity contribution in [1.29, 1.82) is 0 Å². The molecule has 1 rings (SSSR count). The van der Waals surface area contributed by atoms with Crippen molar-refractivity contribution in [2.24, 2.45) is 7.05 Å². The van der Waals surface area contributed by atoms with Gasteiger partial charge in [0.2, 0.25) is 5.78 Å². The summed E-state index contributed by atoms with van der Waals surface area (Å²) < 4.78 is 25.1. The van der Waals surface area contributed by atoms with Crippen LogP contribution in [0.3, 0.4) is 0 Å². The molecule has 0 atom stereocenters. The molecule has 12 heavy (non-hydrogen) atoms. The van der Waals surface area contributed by atoms with Crippen LogP contribution in [-0.4, -0.2) is 22.0 Å². The lowest BCUT2D eigenvalue weighted by Crippen LogP contribution is -2.11. The normalized spacial score (nSPS) is 10.8. The van der Waals surface area contributed by atoms with Gasteiger partial charge in [0, 0.05) is 12.7 Å². The van der Waals surface area contributed by atoms with Crippen molar-refractivity contribution in [3.05, 3.63) is 17.5 Å². The predicted octanol–water partition coefficient (Wildman–Crippen LogP) is 1.18. The lowest BCUT2D eigenvalue weighted by Gasteiger charge is -1.92. The Hall–Kier alpha value is -1.26. The zero-order valence-electron chi connectivity index (χ0n) is 6.71. The SMILES string of the molecule is Cc1cc(C(=O)C(F)F)nn1C. The lowest BCUT2D eigenvalue weighted by atomic mass is 10.3. The first-order chi connectivity index (χ1) is 5.52. The summed E-state index contributed by atoms with van der Waals surface area (Å²) in [5.41, 5.74) is 0.504. The van der Waals surface area contributed by atoms with E-state index in [0.29, 0.717) is 5.69 Å². The molecule has 0 bridgehead atoms. The van der Waals surface area contributed by atoms with E-state index in [1.807, 2.05) is 0 Å². The molecule has 0 saturated carbocycles. The number of nitrogens with zero attached hydrogens (tertiary/aromatic N) is 2. The van der Waals surface area contributed by atoms with Gasteiger partial charge in [-0.25, -0.2) is 8.78 Å². The zero-order chi connectivity index (χ0) is 9.30. The van der Waals surface area contributed by atoms with E-state index in [-0.39, 0.29) is 5.69 Å². The van der Waals surface area contributed by atoms with Gasteiger partial charge < -0.3 is 0 Å². The monoisotopic (exact) mass is 174 g/mol. The number of carbonyl (C=O) groups is 1. The number of hydrogen-bond acceptors (Lipinski definition) is 2. The fraction of sp³-hybridized carbons (Fsp3) is 0.429. The Bertz CT molecular complexity index is 287. The summed E-state index contributed by atoms with van der Waals surface area (Å²) >= 11 is 0. The Morgan fingerprint density at radius 3 is 2.58 bits per heavy atom. The van der Waals surface area contributed by atoms with E-state index in [1.165, 1.54) is 10.7 Å². The number of alkyl halides is 2. The Morgan fingerprint density at radius 2 is 2.25 bits per heavy atom. The maximum atomic E-state index is 11.9. The maximum Gasteiger partial charge on any atom is 0.302 e. The van der Waals surface area contributed by atoms with E-state index in [1.54, 1.807) is 14.0 Å². The van der Waals surface area contributed by atoms with E-state index in [4.69, 9.17) is 0 Å². The van der Waals surface area contributed by atoms with Gasteiger partial charge in [-0.05, 0) is 13.0 Å². The van der Waals surface area contributed by atoms with Gasteiger partial charge >= 0.3 is 6.43 Å². The van der Waals surface area contributed by atoms with E-state index in [0.717, 1.165) is 0 Å². The first-order valence-corrected chi connectivity index (χ1v) is 3.35. The standard InChI is InChI=1S/C7H8F2N2O/c1-4-3-5(10-11(4)2)6(12)7(8)9/h3,7H,1-2H3. The first kappa shape index (κ1) is 8.83. The van der Waals surface area contributed by atoms with Crippen LogP contribution in [0, 0.1) is 6.92 Å². The summed E-state index contributed by atoms with van der Waals surface area (Å²) in [5, 5.41) is 3.62. The minimum absolute atomic E-state index is 0.176. The summed E-state index contributed by atoms with van der Waals surface area (Å²) in [4.78, 5) is 10.7. The van der Waals surface area contributed by atoms with E-state index in [9.17, 15) is 13.6 Å². The number of halogens is 2. The molecule has 0 aliphatic rings. The summed E-state index contributed by atoms with van der Waals surface area (Å²) in [6.07, 6.45) is -2.97. The molecule has 66 valence electrons. The molecule has 0 unspecified atom stereocenters. The number of hydrogen-bond donors (Lipinski definition) is 0. The van der Waals surface area contributed by atoms with Crippen LogP contribution in [0.1, 0.15) is 16.2 Å². The summed E-state index contributed by atoms with van der Waals surface area (Å²) in [7, 11) is 1.59. The number of Topliss-reactive ketones (excluding diaryl/α,β-unsaturated/α-hetero) is 1. The van der Waals surface area contributed by atoms with Crippen LogP contribution in [0.5, 0.6) is 0 Å². The van der Waals surface area contributed by atoms with Crippen molar-refractivity contribution < 1.29 is 13.6 Å². The number of rotatable bonds is 2. The largest absolute Gasteiger partial charge is 0.302 e. The molecule has 0 saturated heterocycles. The average Bonchev–Trinajstić information content (AvgIpc) is 2.30. The van der Waals surface area contributed by atoms with Crippen molar-refractivity contribution in [2.45, 2.75) is 13.3 Å². The molecule has 0 radical (unpaired) electrons. The first-order valence-electron chi connectivity index (χ1n) is 3.35. The Kier molecular flexibility index (Phi) is 2.21. The summed E-state index contributed by atoms with van der Waals surface area (Å²) in [5.74, 6) is -1.22. The van der Waals surface area contributed by atoms with Crippen molar-refractivity contribution in [3.8, 4) is 0 Å². The van der Waals surface area contributed by atoms with Gasteiger partial charge in [-0.1, -0.05) is 0 Å². The van der Waals surface area contributed by atoms with Crippen LogP contribution < -0.4 is 0 Å². The van der Waals surface area contributed by atoms with Crippen molar-refractivity contribution in [3.63, 3.8) is 0 Å². The van der Waals surface area contributed by atoms with Crippen LogP contribution in [0.4, 0.5) is 8.78 Å². The molecule has 5 heteroatoms. The molecule has 0 spiro atoms. The zero-order valence-corrected chi connectivity index (χ0v) is 6.71. The van der Waals surface area contributed by atoms with Crippen LogP contribution in [-0.2, 0) is 7.05 Å². The van der Waals surface area contributed by atoms with Crippen LogP contribution in [0.25, 0.3) is 0 Å². The molecule has 0 amide bonds. The summed E-state index contributed by atoms with van der Waals surface area (Å²) in [6, 6.07) is 1.34. The fourth-order valence-electron chi connectivity index (χ4n) is 0.793. The highest BCUT2D eigenvalue weighted by atomic mass is 19.3. The molecule has 0 aromatic carbocycles. The highest BCUT2D eigenvalue weighted by molar-refractivity contribution is 5.96. The van der Waals surface area contributed by atoms with Gasteiger partial charge in [-0.2, -0.15) is 5.10 Å². The highest BCUT2D eigenvalue weighted by Gasteiger charge is 2.20. The van der Waals surface area contributed by atoms with Gasteiger partial charge in [-0.3, -0.25) is 9.48 Å². The maximum absolute atomic E-state index is 11.9. The molecule has 0 fully saturated rings. The van der Waals surface area contributed by atoms with Gasteiger partial charge in [-0.15, -0.1) is 0 Å². The van der Waals surface area contributed by atoms with Crippen LogP contribution in [0.15, 0.2) is 6.07 Å². The molecule has 0 N–H and O–H groups in total. The van der Waals surface area contributed by atoms with E-state index >= 15 is 0 Å². The number of ketones is 1. The molecule has 1 aromatic heterocycles. The Balaban J connectivity index is 2.97. The molecule has 0 aliphatic heterocycles. The predicted molar refractivity (Wildman–Crippen MR) is 38.3 cm³/mol. The number of carbonyl (C=O) groups excluding carboxylic acids is 1. The third-order valence-corrected chi connectivity index (χ3v) is 1.56. The molecule has 1 heterocycles. The highest BCUT2D eigenvalue weighted by Crippen LogP contribution is 2.07. The second kappa shape index (κ2) is 3.00. The number of aryl methyl sites for hydroxylation is 2. The molecule has 3 nitrogen and oxygen atoms in total. The second-order valence-electron chi connectivity index (χ2n) is 2.46. The van der Waals surface area contributed by atoms with Gasteiger partial charge in [0.25, 0.3) is 0 Å². The van der Waals surface area contributed by atoms with Crippen molar-refractivity contribution in [1.82, 2.24) is 9.78 Å². The van der Waals surface area contributed by atoms with Crippen molar-refractivity contribution >= 4 is 5.78 Å². The van der Waals surface area contributed by atoms with Crippen LogP contribution in [0.2, 0.25) is 0 Å². The van der Waals surface area contributed by atoms with Gasteiger partial charge in [0.15, 0.2) is 0 Å². The average molecular weight is 174 g/mol. The second-order valence-corrected chi connectivity index (χ2v) is 2.46. The summed E-state index contributed by atoms with van der Waals surface area (Å²) in [6.45, 7) is 1.69. The molecule has 1 aromatic rings. The Morgan fingerprint density at radius 1 is 1.67 bits per heavy atom. The molecular weight excluding hydrogens is 166 g/mol. The quantitative estimate of drug-likeness (QED) is 0.631. The van der Waals surface area contributed by atoms with E-state index < -0.39 is 12.2 Å². The lowest BCUT2D eigenvalue weighted by molar-refractivity contribution is 0.0672.